The Morgan fingerprint density at radius 3 is 2.53 bits per heavy atom. The van der Waals surface area contributed by atoms with Gasteiger partial charge in [-0.25, -0.2) is 0 Å². The van der Waals surface area contributed by atoms with E-state index in [0.29, 0.717) is 54.3 Å². The zero-order valence-electron chi connectivity index (χ0n) is 35.4. The van der Waals surface area contributed by atoms with E-state index < -0.39 is 6.04 Å². The molecule has 9 rings (SSSR count). The molecular weight excluding hydrogens is 776 g/mol. The molecule has 3 aromatic carbocycles. The Labute approximate surface area is 357 Å². The molecule has 4 aromatic rings. The number of unbranched alkanes of at least 4 members (excludes halogenated alkanes) is 1. The first-order chi connectivity index (χ1) is 28.9. The fourth-order valence-electron chi connectivity index (χ4n) is 10.1. The fourth-order valence-corrected chi connectivity index (χ4v) is 10.4. The lowest BCUT2D eigenvalue weighted by molar-refractivity contribution is -0.112. The molecule has 11 nitrogen and oxygen atoms in total. The second-order valence-corrected chi connectivity index (χ2v) is 18.3. The summed E-state index contributed by atoms with van der Waals surface area (Å²) in [5, 5.41) is 3.95. The van der Waals surface area contributed by atoms with E-state index in [2.05, 4.69) is 76.4 Å². The van der Waals surface area contributed by atoms with Crippen molar-refractivity contribution in [3.8, 4) is 11.4 Å². The largest absolute Gasteiger partial charge is 0.492 e. The van der Waals surface area contributed by atoms with E-state index in [1.165, 1.54) is 29.5 Å². The average molecular weight is 833 g/mol. The number of hydrogen-bond donors (Lipinski definition) is 1. The van der Waals surface area contributed by atoms with Gasteiger partial charge in [-0.2, -0.15) is 4.98 Å². The molecule has 0 saturated carbocycles. The predicted molar refractivity (Wildman–Crippen MR) is 236 cm³/mol. The number of benzene rings is 3. The number of rotatable bonds is 11. The van der Waals surface area contributed by atoms with E-state index in [4.69, 9.17) is 16.3 Å². The molecule has 316 valence electrons. The summed E-state index contributed by atoms with van der Waals surface area (Å²) in [6, 6.07) is 16.0. The smallest absolute Gasteiger partial charge is 0.282 e. The van der Waals surface area contributed by atoms with Crippen molar-refractivity contribution >= 4 is 41.0 Å². The maximum absolute atomic E-state index is 13.1. The van der Waals surface area contributed by atoms with Crippen LogP contribution in [0.25, 0.3) is 16.6 Å². The molecule has 1 amide bonds. The molecule has 60 heavy (non-hydrogen) atoms. The van der Waals surface area contributed by atoms with Gasteiger partial charge < -0.3 is 34.3 Å². The van der Waals surface area contributed by atoms with E-state index in [1.54, 1.807) is 18.0 Å². The summed E-state index contributed by atoms with van der Waals surface area (Å²) in [5.74, 6) is 2.16. The lowest BCUT2D eigenvalue weighted by Crippen LogP contribution is -2.43. The normalized spacial score (nSPS) is 19.5. The van der Waals surface area contributed by atoms with Gasteiger partial charge >= 0.3 is 0 Å². The number of aldehydes is 2. The highest BCUT2D eigenvalue weighted by Gasteiger charge is 2.46. The van der Waals surface area contributed by atoms with Gasteiger partial charge in [0.15, 0.2) is 0 Å². The van der Waals surface area contributed by atoms with Crippen molar-refractivity contribution in [2.75, 3.05) is 53.4 Å². The van der Waals surface area contributed by atoms with Gasteiger partial charge in [0.1, 0.15) is 24.1 Å². The monoisotopic (exact) mass is 832 g/mol. The number of nitrogens with zero attached hydrogens (tertiary/aromatic N) is 5. The highest BCUT2D eigenvalue weighted by molar-refractivity contribution is 6.35. The number of likely N-dealkylation sites (tertiary alicyclic amines) is 2. The molecule has 0 unspecified atom stereocenters. The highest BCUT2D eigenvalue weighted by Crippen LogP contribution is 2.50. The van der Waals surface area contributed by atoms with Crippen molar-refractivity contribution in [2.24, 2.45) is 0 Å². The minimum Gasteiger partial charge on any atom is -0.492 e. The fraction of sp³-hybridized carbons (Fsp3) is 0.479. The van der Waals surface area contributed by atoms with Crippen molar-refractivity contribution in [1.29, 1.82) is 0 Å². The Kier molecular flexibility index (Phi) is 11.8. The van der Waals surface area contributed by atoms with Gasteiger partial charge in [0.2, 0.25) is 0 Å². The Morgan fingerprint density at radius 2 is 1.82 bits per heavy atom. The second kappa shape index (κ2) is 16.9. The number of ether oxygens (including phenoxy) is 1. The van der Waals surface area contributed by atoms with Crippen LogP contribution in [0.1, 0.15) is 110 Å². The van der Waals surface area contributed by atoms with E-state index in [1.807, 2.05) is 18.2 Å². The van der Waals surface area contributed by atoms with Crippen LogP contribution in [0.3, 0.4) is 0 Å². The number of carbonyl (C=O) groups is 3. The Balaban J connectivity index is 0.000000167. The molecule has 2 saturated heterocycles. The molecule has 2 fully saturated rings. The summed E-state index contributed by atoms with van der Waals surface area (Å²) in [4.78, 5) is 59.2. The molecule has 0 aliphatic carbocycles. The number of hydrogen-bond acceptors (Lipinski definition) is 9. The standard InChI is InChI=1S/C25H33N3O4.C23H24ClN3O/c1-18(26-2)5-6-19(16-30)28-15-21-20(24(28)31)7-8-22-23(21)32-17-25(22)9-12-27(13-10-25)11-3-4-14-29;1-23(2)16-13-15(14-9-11-26(3)12-10-14)7-8-18(16)27-19-6-4-5-17(24)20(19)21(28)25-22(23)27/h7-8,14,16,19,26H,1,3-6,9-13,15,17H2,2H3;4-8,13-14H,9-12H2,1-3H3/t19-;/m0./s1. The number of halogens is 1. The van der Waals surface area contributed by atoms with E-state index >= 15 is 0 Å². The van der Waals surface area contributed by atoms with Gasteiger partial charge in [0.05, 0.1) is 46.2 Å². The lowest BCUT2D eigenvalue weighted by Gasteiger charge is -2.38. The Bertz CT molecular complexity index is 2390. The molecule has 12 heteroatoms. The Morgan fingerprint density at radius 1 is 1.05 bits per heavy atom. The van der Waals surface area contributed by atoms with Crippen molar-refractivity contribution in [3.63, 3.8) is 0 Å². The topological polar surface area (TPSA) is 117 Å². The Hall–Kier alpha value is -4.84. The minimum absolute atomic E-state index is 0.00339. The maximum atomic E-state index is 13.1. The van der Waals surface area contributed by atoms with Gasteiger partial charge in [0, 0.05) is 41.3 Å². The van der Waals surface area contributed by atoms with Gasteiger partial charge in [0.25, 0.3) is 11.5 Å². The van der Waals surface area contributed by atoms with Crippen molar-refractivity contribution in [2.45, 2.75) is 94.5 Å². The van der Waals surface area contributed by atoms with Crippen molar-refractivity contribution < 1.29 is 19.1 Å². The van der Waals surface area contributed by atoms with Crippen LogP contribution in [-0.2, 0) is 27.0 Å². The third-order valence-electron chi connectivity index (χ3n) is 14.0. The number of piperidine rings is 2. The number of nitrogens with one attached hydrogen (secondary N) is 1. The number of aromatic nitrogens is 2. The zero-order valence-corrected chi connectivity index (χ0v) is 36.2. The van der Waals surface area contributed by atoms with Crippen LogP contribution >= 0.6 is 11.6 Å². The molecule has 1 N–H and O–H groups in total. The summed E-state index contributed by atoms with van der Waals surface area (Å²) in [5.41, 5.74) is 7.66. The van der Waals surface area contributed by atoms with Crippen LogP contribution in [0.2, 0.25) is 5.02 Å². The summed E-state index contributed by atoms with van der Waals surface area (Å²) < 4.78 is 8.36. The number of allylic oxidation sites excluding steroid dienone is 1. The van der Waals surface area contributed by atoms with Gasteiger partial charge in [-0.1, -0.05) is 42.4 Å². The molecule has 0 bridgehead atoms. The summed E-state index contributed by atoms with van der Waals surface area (Å²) >= 11 is 6.34. The molecule has 1 atom stereocenters. The van der Waals surface area contributed by atoms with Crippen LogP contribution in [0, 0.1) is 0 Å². The average Bonchev–Trinajstić information content (AvgIpc) is 3.86. The zero-order chi connectivity index (χ0) is 42.3. The maximum Gasteiger partial charge on any atom is 0.282 e. The van der Waals surface area contributed by atoms with Crippen molar-refractivity contribution in [3.05, 3.63) is 110 Å². The van der Waals surface area contributed by atoms with Crippen molar-refractivity contribution in [1.82, 2.24) is 29.6 Å². The SMILES string of the molecule is C=C(CC[C@@H](C=O)N1Cc2c(ccc3c2OCC32CCN(CCCC=O)CC2)C1=O)NC.CN1CCC(c2ccc3c(c2)C(C)(C)c2nc(=O)c4c(Cl)cccc4n2-3)CC1. The van der Waals surface area contributed by atoms with E-state index in [-0.39, 0.29) is 22.3 Å². The lowest BCUT2D eigenvalue weighted by atomic mass is 9.74. The highest BCUT2D eigenvalue weighted by atomic mass is 35.5. The number of amides is 1. The molecule has 6 heterocycles. The summed E-state index contributed by atoms with van der Waals surface area (Å²) in [7, 11) is 4.00. The second-order valence-electron chi connectivity index (χ2n) is 17.9. The van der Waals surface area contributed by atoms with Crippen LogP contribution in [0.15, 0.2) is 65.6 Å². The molecule has 5 aliphatic heterocycles. The molecule has 1 aromatic heterocycles. The van der Waals surface area contributed by atoms with Gasteiger partial charge in [-0.05, 0) is 140 Å². The number of fused-ring (bicyclic) bond motifs is 9. The first-order valence-corrected chi connectivity index (χ1v) is 21.9. The molecule has 5 aliphatic rings. The summed E-state index contributed by atoms with van der Waals surface area (Å²) in [6.45, 7) is 14.5. The predicted octanol–water partition coefficient (Wildman–Crippen LogP) is 6.92. The third-order valence-corrected chi connectivity index (χ3v) is 14.3. The van der Waals surface area contributed by atoms with Gasteiger partial charge in [-0.15, -0.1) is 0 Å². The third kappa shape index (κ3) is 7.47. The van der Waals surface area contributed by atoms with Gasteiger partial charge in [-0.3, -0.25) is 14.2 Å². The molecular formula is C48H57ClN6O5. The van der Waals surface area contributed by atoms with Crippen LogP contribution < -0.4 is 15.6 Å². The van der Waals surface area contributed by atoms with Crippen LogP contribution in [0.5, 0.6) is 5.75 Å². The van der Waals surface area contributed by atoms with E-state index in [0.717, 1.165) is 98.6 Å². The first-order valence-electron chi connectivity index (χ1n) is 21.5. The number of carbonyl (C=O) groups excluding carboxylic acids is 3. The minimum atomic E-state index is -0.472. The molecule has 0 radical (unpaired) electrons. The summed E-state index contributed by atoms with van der Waals surface area (Å²) in [6.07, 6.45) is 9.00. The van der Waals surface area contributed by atoms with Crippen LogP contribution in [-0.4, -0.2) is 102 Å². The van der Waals surface area contributed by atoms with Crippen LogP contribution in [0.4, 0.5) is 0 Å². The molecule has 1 spiro atoms. The first kappa shape index (κ1) is 41.9. The van der Waals surface area contributed by atoms with E-state index in [9.17, 15) is 19.2 Å². The quantitative estimate of drug-likeness (QED) is 0.127.